The van der Waals surface area contributed by atoms with Gasteiger partial charge in [0.2, 0.25) is 5.95 Å². The van der Waals surface area contributed by atoms with Crippen molar-refractivity contribution in [3.8, 4) is 6.07 Å². The summed E-state index contributed by atoms with van der Waals surface area (Å²) in [4.78, 5) is 7.86. The molecule has 5 rings (SSSR count). The second-order valence-electron chi connectivity index (χ2n) is 7.65. The molecule has 0 unspecified atom stereocenters. The van der Waals surface area contributed by atoms with Crippen LogP contribution >= 0.6 is 23.2 Å². The first-order valence-electron chi connectivity index (χ1n) is 10.4. The van der Waals surface area contributed by atoms with Crippen LogP contribution in [0.15, 0.2) is 61.1 Å². The van der Waals surface area contributed by atoms with Crippen LogP contribution in [0.2, 0.25) is 10.0 Å². The van der Waals surface area contributed by atoms with Crippen LogP contribution in [0.25, 0.3) is 10.9 Å². The van der Waals surface area contributed by atoms with Crippen LogP contribution in [0.1, 0.15) is 22.9 Å². The molecule has 1 atom stereocenters. The molecule has 2 aromatic carbocycles. The summed E-state index contributed by atoms with van der Waals surface area (Å²) >= 11 is 12.5. The number of nitrogens with one attached hydrogen (secondary N) is 3. The van der Waals surface area contributed by atoms with Gasteiger partial charge in [-0.3, -0.25) is 4.98 Å². The molecule has 0 saturated carbocycles. The van der Waals surface area contributed by atoms with Crippen molar-refractivity contribution in [2.75, 3.05) is 10.6 Å². The summed E-state index contributed by atoms with van der Waals surface area (Å²) in [6.45, 7) is 0. The molecule has 0 aliphatic heterocycles. The summed E-state index contributed by atoms with van der Waals surface area (Å²) in [7, 11) is 0. The minimum atomic E-state index is -1.23. The summed E-state index contributed by atoms with van der Waals surface area (Å²) in [5.74, 6) is -2.35. The molecule has 0 bridgehead atoms. The fraction of sp³-hybridized carbons (Fsp3) is 0.0417. The number of aromatic amines is 1. The Morgan fingerprint density at radius 1 is 0.972 bits per heavy atom. The van der Waals surface area contributed by atoms with Crippen molar-refractivity contribution in [1.82, 2.24) is 25.4 Å². The molecule has 0 amide bonds. The number of benzene rings is 2. The molecule has 0 aliphatic rings. The zero-order valence-corrected chi connectivity index (χ0v) is 19.6. The minimum absolute atomic E-state index is 0.147. The van der Waals surface area contributed by atoms with E-state index in [-0.39, 0.29) is 11.3 Å². The van der Waals surface area contributed by atoms with E-state index in [0.29, 0.717) is 38.0 Å². The maximum Gasteiger partial charge on any atom is 0.249 e. The fourth-order valence-electron chi connectivity index (χ4n) is 3.72. The normalized spacial score (nSPS) is 11.8. The van der Waals surface area contributed by atoms with Crippen molar-refractivity contribution in [2.45, 2.75) is 6.04 Å². The summed E-state index contributed by atoms with van der Waals surface area (Å²) < 4.78 is 27.1. The third kappa shape index (κ3) is 4.62. The molecule has 3 aromatic heterocycles. The first-order chi connectivity index (χ1) is 17.4. The number of hydrogen-bond donors (Lipinski definition) is 3. The van der Waals surface area contributed by atoms with Crippen LogP contribution in [0.5, 0.6) is 0 Å². The maximum absolute atomic E-state index is 13.8. The lowest BCUT2D eigenvalue weighted by Crippen LogP contribution is -2.13. The molecule has 178 valence electrons. The maximum atomic E-state index is 13.8. The number of aromatic nitrogens is 5. The van der Waals surface area contributed by atoms with Gasteiger partial charge in [0.25, 0.3) is 0 Å². The van der Waals surface area contributed by atoms with Crippen molar-refractivity contribution in [2.24, 2.45) is 0 Å². The predicted molar refractivity (Wildman–Crippen MR) is 132 cm³/mol. The van der Waals surface area contributed by atoms with Gasteiger partial charge in [-0.25, -0.2) is 9.37 Å². The van der Waals surface area contributed by atoms with Crippen LogP contribution < -0.4 is 10.6 Å². The van der Waals surface area contributed by atoms with Crippen molar-refractivity contribution >= 4 is 51.2 Å². The number of rotatable bonds is 6. The number of nitriles is 1. The summed E-state index contributed by atoms with van der Waals surface area (Å²) in [6.07, 6.45) is 4.09. The van der Waals surface area contributed by atoms with Crippen LogP contribution in [0, 0.1) is 23.1 Å². The largest absolute Gasteiger partial charge is 0.371 e. The van der Waals surface area contributed by atoms with E-state index in [2.05, 4.69) is 42.1 Å². The van der Waals surface area contributed by atoms with Crippen molar-refractivity contribution in [3.05, 3.63) is 99.7 Å². The van der Waals surface area contributed by atoms with Gasteiger partial charge in [-0.15, -0.1) is 0 Å². The van der Waals surface area contributed by atoms with Gasteiger partial charge < -0.3 is 10.6 Å². The Bertz CT molecular complexity index is 1600. The zero-order chi connectivity index (χ0) is 25.2. The molecule has 3 heterocycles. The number of fused-ring (bicyclic) bond motifs is 1. The van der Waals surface area contributed by atoms with Crippen molar-refractivity contribution in [1.29, 1.82) is 5.26 Å². The van der Waals surface area contributed by atoms with Crippen LogP contribution in [-0.4, -0.2) is 25.4 Å². The van der Waals surface area contributed by atoms with Crippen LogP contribution in [0.3, 0.4) is 0 Å². The SMILES string of the molecule is N#Cc1cnc2c(N[C@@H](c3ccc(Cl)cc3)c3cn[nH]n3)cc(Cl)cc2c1Nc1cnc(F)c(F)c1. The quantitative estimate of drug-likeness (QED) is 0.229. The second kappa shape index (κ2) is 9.73. The fourth-order valence-corrected chi connectivity index (χ4v) is 4.06. The van der Waals surface area contributed by atoms with Crippen LogP contribution in [-0.2, 0) is 0 Å². The van der Waals surface area contributed by atoms with E-state index in [1.54, 1.807) is 30.5 Å². The van der Waals surface area contributed by atoms with Gasteiger partial charge in [0.05, 0.1) is 46.6 Å². The highest BCUT2D eigenvalue weighted by Crippen LogP contribution is 2.37. The molecule has 8 nitrogen and oxygen atoms in total. The number of nitrogens with zero attached hydrogens (tertiary/aromatic N) is 5. The minimum Gasteiger partial charge on any atom is -0.371 e. The summed E-state index contributed by atoms with van der Waals surface area (Å²) in [5, 5.41) is 28.2. The zero-order valence-electron chi connectivity index (χ0n) is 18.1. The lowest BCUT2D eigenvalue weighted by molar-refractivity contribution is 0.480. The third-order valence-corrected chi connectivity index (χ3v) is 5.82. The Labute approximate surface area is 212 Å². The number of hydrogen-bond acceptors (Lipinski definition) is 7. The van der Waals surface area contributed by atoms with Crippen molar-refractivity contribution < 1.29 is 8.78 Å². The molecule has 12 heteroatoms. The van der Waals surface area contributed by atoms with E-state index in [0.717, 1.165) is 17.8 Å². The molecule has 0 saturated heterocycles. The van der Waals surface area contributed by atoms with Crippen molar-refractivity contribution in [3.63, 3.8) is 0 Å². The number of anilines is 3. The molecule has 36 heavy (non-hydrogen) atoms. The van der Waals surface area contributed by atoms with E-state index in [1.165, 1.54) is 6.20 Å². The standard InChI is InChI=1S/C24H14Cl2F2N8/c25-14-3-1-12(2-4-14)22(20-11-32-36-35-20)34-19-6-15(26)5-17-21(13(8-29)9-30-23(17)19)33-16-7-18(27)24(28)31-10-16/h1-7,9-11,22,34H,(H,30,33)(H,32,35,36)/t22-/m0/s1. The lowest BCUT2D eigenvalue weighted by atomic mass is 10.0. The van der Waals surface area contributed by atoms with Gasteiger partial charge in [-0.2, -0.15) is 25.1 Å². The highest BCUT2D eigenvalue weighted by molar-refractivity contribution is 6.32. The Morgan fingerprint density at radius 3 is 2.47 bits per heavy atom. The molecule has 0 aliphatic carbocycles. The highest BCUT2D eigenvalue weighted by atomic mass is 35.5. The average molecular weight is 523 g/mol. The average Bonchev–Trinajstić information content (AvgIpc) is 3.40. The Kier molecular flexibility index (Phi) is 6.33. The van der Waals surface area contributed by atoms with Gasteiger partial charge >= 0.3 is 0 Å². The molecule has 0 fully saturated rings. The van der Waals surface area contributed by atoms with Gasteiger partial charge in [0, 0.05) is 27.7 Å². The topological polar surface area (TPSA) is 115 Å². The smallest absolute Gasteiger partial charge is 0.249 e. The molecule has 5 aromatic rings. The van der Waals surface area contributed by atoms with E-state index in [4.69, 9.17) is 23.2 Å². The number of pyridine rings is 2. The second-order valence-corrected chi connectivity index (χ2v) is 8.53. The molecule has 0 spiro atoms. The Morgan fingerprint density at radius 2 is 1.78 bits per heavy atom. The third-order valence-electron chi connectivity index (χ3n) is 5.35. The van der Waals surface area contributed by atoms with Gasteiger partial charge in [0.15, 0.2) is 5.82 Å². The molecular formula is C24H14Cl2F2N8. The Hall–Kier alpha value is -4.33. The van der Waals surface area contributed by atoms with Crippen LogP contribution in [0.4, 0.5) is 25.8 Å². The highest BCUT2D eigenvalue weighted by Gasteiger charge is 2.21. The van der Waals surface area contributed by atoms with E-state index < -0.39 is 17.8 Å². The lowest BCUT2D eigenvalue weighted by Gasteiger charge is -2.20. The van der Waals surface area contributed by atoms with Gasteiger partial charge in [0.1, 0.15) is 11.8 Å². The Balaban J connectivity index is 1.63. The van der Waals surface area contributed by atoms with Gasteiger partial charge in [-0.05, 0) is 29.8 Å². The van der Waals surface area contributed by atoms with Gasteiger partial charge in [-0.1, -0.05) is 35.3 Å². The summed E-state index contributed by atoms with van der Waals surface area (Å²) in [6, 6.07) is 13.1. The first-order valence-corrected chi connectivity index (χ1v) is 11.2. The van der Waals surface area contributed by atoms with E-state index in [1.807, 2.05) is 12.1 Å². The number of halogens is 4. The monoisotopic (exact) mass is 522 g/mol. The molecule has 0 radical (unpaired) electrons. The van der Waals surface area contributed by atoms with E-state index >= 15 is 0 Å². The molecular weight excluding hydrogens is 509 g/mol. The van der Waals surface area contributed by atoms with E-state index in [9.17, 15) is 14.0 Å². The predicted octanol–water partition coefficient (Wildman–Crippen LogP) is 6.15. The number of H-pyrrole nitrogens is 1. The summed E-state index contributed by atoms with van der Waals surface area (Å²) in [5.41, 5.74) is 3.09. The first kappa shape index (κ1) is 23.4. The molecule has 3 N–H and O–H groups in total.